The normalized spacial score (nSPS) is 15.8. The van der Waals surface area contributed by atoms with Gasteiger partial charge in [0, 0.05) is 54.8 Å². The quantitative estimate of drug-likeness (QED) is 0.0356. The lowest BCUT2D eigenvalue weighted by molar-refractivity contribution is -0.0159. The van der Waals surface area contributed by atoms with Gasteiger partial charge in [0.1, 0.15) is 23.9 Å². The molecular weight excluding hydrogens is 825 g/mol. The third-order valence-electron chi connectivity index (χ3n) is 9.65. The van der Waals surface area contributed by atoms with E-state index in [0.717, 1.165) is 47.9 Å². The highest BCUT2D eigenvalue weighted by atomic mass is 35.5. The van der Waals surface area contributed by atoms with Crippen molar-refractivity contribution in [2.24, 2.45) is 10.7 Å². The van der Waals surface area contributed by atoms with Crippen LogP contribution in [0.1, 0.15) is 57.6 Å². The smallest absolute Gasteiger partial charge is 0.407 e. The molecule has 1 aromatic carbocycles. The van der Waals surface area contributed by atoms with Crippen molar-refractivity contribution in [3.8, 4) is 17.0 Å². The number of halogens is 2. The van der Waals surface area contributed by atoms with E-state index < -0.39 is 17.5 Å². The summed E-state index contributed by atoms with van der Waals surface area (Å²) < 4.78 is 59.7. The highest BCUT2D eigenvalue weighted by Gasteiger charge is 2.27. The highest BCUT2D eigenvalue weighted by molar-refractivity contribution is 6.33. The lowest BCUT2D eigenvalue weighted by Gasteiger charge is -2.31. The zero-order valence-corrected chi connectivity index (χ0v) is 37.1. The van der Waals surface area contributed by atoms with Crippen LogP contribution in [0.4, 0.5) is 20.6 Å². The molecule has 0 atom stereocenters. The molecule has 1 fully saturated rings. The Hall–Kier alpha value is -4.62. The van der Waals surface area contributed by atoms with E-state index in [0.29, 0.717) is 96.4 Å². The molecular formula is C44H61ClFN7O9. The number of fused-ring (bicyclic) bond motifs is 1. The summed E-state index contributed by atoms with van der Waals surface area (Å²) in [5, 5.41) is 11.7. The number of aliphatic imine (C=N–C) groups is 1. The molecule has 18 heteroatoms. The first-order valence-corrected chi connectivity index (χ1v) is 21.3. The second-order valence-corrected chi connectivity index (χ2v) is 16.1. The van der Waals surface area contributed by atoms with Crippen LogP contribution >= 0.6 is 11.6 Å². The van der Waals surface area contributed by atoms with E-state index >= 15 is 0 Å². The second kappa shape index (κ2) is 24.9. The number of benzene rings is 1. The van der Waals surface area contributed by atoms with E-state index in [-0.39, 0.29) is 28.6 Å². The highest BCUT2D eigenvalue weighted by Crippen LogP contribution is 2.34. The molecule has 16 nitrogen and oxygen atoms in total. The molecule has 0 aliphatic heterocycles. The number of ether oxygens (including phenoxy) is 8. The Balaban J connectivity index is 1.14. The van der Waals surface area contributed by atoms with E-state index in [4.69, 9.17) is 55.2 Å². The average Bonchev–Trinajstić information content (AvgIpc) is 3.66. The number of nitrogens with one attached hydrogen (secondary N) is 2. The number of amides is 1. The van der Waals surface area contributed by atoms with E-state index in [1.54, 1.807) is 24.0 Å². The zero-order valence-electron chi connectivity index (χ0n) is 36.4. The van der Waals surface area contributed by atoms with Gasteiger partial charge >= 0.3 is 6.09 Å². The maximum atomic E-state index is 14.2. The zero-order chi connectivity index (χ0) is 44.3. The molecule has 1 amide bonds. The molecule has 1 saturated carbocycles. The Morgan fingerprint density at radius 1 is 0.871 bits per heavy atom. The van der Waals surface area contributed by atoms with Crippen LogP contribution in [0.2, 0.25) is 5.02 Å². The maximum Gasteiger partial charge on any atom is 0.407 e. The predicted octanol–water partition coefficient (Wildman–Crippen LogP) is 6.89. The van der Waals surface area contributed by atoms with Crippen molar-refractivity contribution in [3.05, 3.63) is 70.9 Å². The molecule has 0 bridgehead atoms. The topological polar surface area (TPSA) is 184 Å². The van der Waals surface area contributed by atoms with E-state index in [9.17, 15) is 9.18 Å². The molecule has 1 aliphatic carbocycles. The molecule has 1 aliphatic rings. The molecule has 3 heterocycles. The number of aromatic nitrogens is 3. The van der Waals surface area contributed by atoms with E-state index in [1.807, 2.05) is 46.0 Å². The monoisotopic (exact) mass is 885 g/mol. The van der Waals surface area contributed by atoms with Crippen LogP contribution in [0.25, 0.3) is 16.6 Å². The maximum absolute atomic E-state index is 14.2. The Morgan fingerprint density at radius 2 is 1.47 bits per heavy atom. The third kappa shape index (κ3) is 15.9. The fourth-order valence-electron chi connectivity index (χ4n) is 6.61. The van der Waals surface area contributed by atoms with Gasteiger partial charge in [0.25, 0.3) is 0 Å². The number of anilines is 1. The summed E-state index contributed by atoms with van der Waals surface area (Å²) in [6.45, 7) is 13.2. The Bertz CT molecular complexity index is 2040. The van der Waals surface area contributed by atoms with Gasteiger partial charge in [-0.1, -0.05) is 11.6 Å². The van der Waals surface area contributed by atoms with Gasteiger partial charge in [-0.15, -0.1) is 0 Å². The van der Waals surface area contributed by atoms with Gasteiger partial charge in [-0.25, -0.2) is 23.7 Å². The SMILES string of the molecule is COCCOCCOCCOCCOCCOCCOc1cc(C)c(-c2cc3c(NC4CCC(NC(=O)OC(C)(C)C)CC4)c(C(N)=Nc4cc(F)ccc4Cl)cnn3c2)cn1. The largest absolute Gasteiger partial charge is 0.475 e. The molecule has 3 aromatic heterocycles. The number of hydrogen-bond donors (Lipinski definition) is 3. The summed E-state index contributed by atoms with van der Waals surface area (Å²) in [5.41, 5.74) is 11.0. The number of rotatable bonds is 25. The van der Waals surface area contributed by atoms with Gasteiger partial charge in [0.15, 0.2) is 0 Å². The Kier molecular flexibility index (Phi) is 19.4. The average molecular weight is 886 g/mol. The lowest BCUT2D eigenvalue weighted by Crippen LogP contribution is -2.42. The van der Waals surface area contributed by atoms with Crippen LogP contribution < -0.4 is 21.1 Å². The van der Waals surface area contributed by atoms with Crippen LogP contribution in [0.5, 0.6) is 5.88 Å². The summed E-state index contributed by atoms with van der Waals surface area (Å²) >= 11 is 6.36. The summed E-state index contributed by atoms with van der Waals surface area (Å²) in [5.74, 6) is 0.117. The fraction of sp³-hybridized carbons (Fsp3) is 0.545. The number of aryl methyl sites for hydroxylation is 1. The minimum Gasteiger partial charge on any atom is -0.475 e. The molecule has 4 N–H and O–H groups in total. The van der Waals surface area contributed by atoms with Gasteiger partial charge in [-0.3, -0.25) is 0 Å². The van der Waals surface area contributed by atoms with Gasteiger partial charge in [-0.2, -0.15) is 5.10 Å². The molecule has 0 spiro atoms. The number of pyridine rings is 1. The minimum atomic E-state index is -0.577. The Labute approximate surface area is 367 Å². The first-order chi connectivity index (χ1) is 29.9. The number of hydrogen-bond acceptors (Lipinski definition) is 13. The summed E-state index contributed by atoms with van der Waals surface area (Å²) in [7, 11) is 1.64. The van der Waals surface area contributed by atoms with Gasteiger partial charge in [0.2, 0.25) is 5.88 Å². The predicted molar refractivity (Wildman–Crippen MR) is 235 cm³/mol. The first-order valence-electron chi connectivity index (χ1n) is 20.9. The number of carbonyl (C=O) groups is 1. The summed E-state index contributed by atoms with van der Waals surface area (Å²) in [6.07, 6.45) is 7.97. The first kappa shape index (κ1) is 48.4. The molecule has 0 radical (unpaired) electrons. The standard InChI is InChI=1S/C44H61ClFN7O9/c1-30-24-40(61-23-22-60-21-20-59-19-18-58-17-16-57-15-14-56-13-12-55-5)48-27-35(30)31-25-39-41(50-33-7-9-34(10-8-33)51-43(54)62-44(2,3)4)36(28-49-53(39)29-31)42(47)52-38-26-32(46)6-11-37(38)45/h6,11,24-29,33-34,50H,7-10,12-23H2,1-5H3,(H2,47,52)(H,51,54). The van der Waals surface area contributed by atoms with E-state index in [2.05, 4.69) is 25.7 Å². The third-order valence-corrected chi connectivity index (χ3v) is 9.97. The van der Waals surface area contributed by atoms with Crippen molar-refractivity contribution >= 4 is 40.4 Å². The van der Waals surface area contributed by atoms with Crippen LogP contribution in [-0.4, -0.2) is 131 Å². The molecule has 340 valence electrons. The van der Waals surface area contributed by atoms with Crippen LogP contribution in [-0.2, 0) is 33.2 Å². The molecule has 62 heavy (non-hydrogen) atoms. The number of nitrogens with zero attached hydrogens (tertiary/aromatic N) is 4. The van der Waals surface area contributed by atoms with Crippen molar-refractivity contribution in [2.75, 3.05) is 91.7 Å². The lowest BCUT2D eigenvalue weighted by atomic mass is 9.91. The Morgan fingerprint density at radius 3 is 2.06 bits per heavy atom. The minimum absolute atomic E-state index is 0.00660. The van der Waals surface area contributed by atoms with Crippen molar-refractivity contribution in [1.82, 2.24) is 19.9 Å². The fourth-order valence-corrected chi connectivity index (χ4v) is 6.77. The molecule has 0 unspecified atom stereocenters. The molecule has 4 aromatic rings. The number of nitrogens with two attached hydrogens (primary N) is 1. The second-order valence-electron chi connectivity index (χ2n) is 15.7. The van der Waals surface area contributed by atoms with Gasteiger partial charge in [-0.05, 0) is 77.1 Å². The number of alkyl carbamates (subject to hydrolysis) is 1. The van der Waals surface area contributed by atoms with Crippen molar-refractivity contribution in [3.63, 3.8) is 0 Å². The summed E-state index contributed by atoms with van der Waals surface area (Å²) in [4.78, 5) is 21.5. The molecule has 0 saturated heterocycles. The van der Waals surface area contributed by atoms with Gasteiger partial charge in [0.05, 0.1) is 106 Å². The van der Waals surface area contributed by atoms with Crippen molar-refractivity contribution in [2.45, 2.75) is 71.1 Å². The van der Waals surface area contributed by atoms with Crippen LogP contribution in [0, 0.1) is 12.7 Å². The number of amidine groups is 1. The van der Waals surface area contributed by atoms with Crippen molar-refractivity contribution < 1.29 is 47.1 Å². The number of methoxy groups -OCH3 is 1. The van der Waals surface area contributed by atoms with E-state index in [1.165, 1.54) is 18.2 Å². The number of carbonyl (C=O) groups excluding carboxylic acids is 1. The summed E-state index contributed by atoms with van der Waals surface area (Å²) in [6, 6.07) is 7.89. The van der Waals surface area contributed by atoms with Gasteiger partial charge < -0.3 is 54.3 Å². The van der Waals surface area contributed by atoms with Crippen LogP contribution in [0.3, 0.4) is 0 Å². The molecule has 5 rings (SSSR count). The van der Waals surface area contributed by atoms with Crippen molar-refractivity contribution in [1.29, 1.82) is 0 Å². The van der Waals surface area contributed by atoms with Crippen LogP contribution in [0.15, 0.2) is 53.9 Å².